The zero-order valence-electron chi connectivity index (χ0n) is 15.6. The zero-order chi connectivity index (χ0) is 19.1. The fraction of sp³-hybridized carbons (Fsp3) is 0.421. The largest absolute Gasteiger partial charge is 0.336 e. The molecule has 0 atom stereocenters. The van der Waals surface area contributed by atoms with Crippen molar-refractivity contribution in [1.29, 1.82) is 0 Å². The number of piperazine rings is 1. The third-order valence-electron chi connectivity index (χ3n) is 4.76. The third kappa shape index (κ3) is 3.56. The van der Waals surface area contributed by atoms with Gasteiger partial charge >= 0.3 is 0 Å². The van der Waals surface area contributed by atoms with Crippen molar-refractivity contribution in [3.05, 3.63) is 50.7 Å². The van der Waals surface area contributed by atoms with Gasteiger partial charge < -0.3 is 4.90 Å². The van der Waals surface area contributed by atoms with Gasteiger partial charge in [-0.05, 0) is 51.0 Å². The van der Waals surface area contributed by atoms with Crippen molar-refractivity contribution in [2.45, 2.75) is 32.6 Å². The van der Waals surface area contributed by atoms with E-state index in [4.69, 9.17) is 0 Å². The van der Waals surface area contributed by atoms with E-state index < -0.39 is 10.0 Å². The van der Waals surface area contributed by atoms with E-state index >= 15 is 0 Å². The van der Waals surface area contributed by atoms with Gasteiger partial charge in [-0.3, -0.25) is 4.79 Å². The molecule has 1 aromatic carbocycles. The van der Waals surface area contributed by atoms with E-state index in [1.165, 1.54) is 4.31 Å². The molecule has 0 unspecified atom stereocenters. The maximum absolute atomic E-state index is 13.0. The fourth-order valence-corrected chi connectivity index (χ4v) is 5.92. The molecule has 26 heavy (non-hydrogen) atoms. The van der Waals surface area contributed by atoms with E-state index in [1.807, 2.05) is 45.9 Å². The van der Waals surface area contributed by atoms with Gasteiger partial charge in [-0.15, -0.1) is 11.3 Å². The minimum Gasteiger partial charge on any atom is -0.336 e. The van der Waals surface area contributed by atoms with Crippen molar-refractivity contribution >= 4 is 27.3 Å². The van der Waals surface area contributed by atoms with E-state index in [1.54, 1.807) is 22.3 Å². The lowest BCUT2D eigenvalue weighted by Gasteiger charge is -2.34. The standard InChI is InChI=1S/C19H24N2O3S2/c1-13-5-6-14(2)18(11-13)26(23,24)21-9-7-20(8-10-21)19(22)17-12-15(3)25-16(17)4/h5-6,11-12H,7-10H2,1-4H3. The Kier molecular flexibility index (Phi) is 5.23. The highest BCUT2D eigenvalue weighted by atomic mass is 32.2. The van der Waals surface area contributed by atoms with Crippen molar-refractivity contribution in [3.63, 3.8) is 0 Å². The summed E-state index contributed by atoms with van der Waals surface area (Å²) in [6.07, 6.45) is 0. The fourth-order valence-electron chi connectivity index (χ4n) is 3.27. The number of nitrogens with zero attached hydrogens (tertiary/aromatic N) is 2. The lowest BCUT2D eigenvalue weighted by atomic mass is 10.2. The van der Waals surface area contributed by atoms with E-state index in [0.717, 1.165) is 26.4 Å². The Bertz CT molecular complexity index is 940. The number of rotatable bonds is 3. The molecule has 1 aliphatic rings. The highest BCUT2D eigenvalue weighted by molar-refractivity contribution is 7.89. The lowest BCUT2D eigenvalue weighted by Crippen LogP contribution is -2.50. The van der Waals surface area contributed by atoms with Crippen LogP contribution in [0, 0.1) is 27.7 Å². The van der Waals surface area contributed by atoms with Crippen LogP contribution in [0.25, 0.3) is 0 Å². The van der Waals surface area contributed by atoms with E-state index in [9.17, 15) is 13.2 Å². The molecule has 2 heterocycles. The monoisotopic (exact) mass is 392 g/mol. The second-order valence-corrected chi connectivity index (χ2v) is 10.2. The summed E-state index contributed by atoms with van der Waals surface area (Å²) in [4.78, 5) is 17.0. The Morgan fingerprint density at radius 3 is 2.23 bits per heavy atom. The van der Waals surface area contributed by atoms with Crippen LogP contribution in [-0.2, 0) is 10.0 Å². The van der Waals surface area contributed by atoms with Crippen LogP contribution in [0.3, 0.4) is 0 Å². The first kappa shape index (κ1) is 19.1. The average Bonchev–Trinajstić information content (AvgIpc) is 2.94. The molecular formula is C19H24N2O3S2. The smallest absolute Gasteiger partial charge is 0.255 e. The van der Waals surface area contributed by atoms with Gasteiger partial charge in [0.1, 0.15) is 0 Å². The number of hydrogen-bond acceptors (Lipinski definition) is 4. The summed E-state index contributed by atoms with van der Waals surface area (Å²) in [5.41, 5.74) is 2.41. The maximum atomic E-state index is 13.0. The van der Waals surface area contributed by atoms with Crippen LogP contribution >= 0.6 is 11.3 Å². The minimum atomic E-state index is -3.54. The summed E-state index contributed by atoms with van der Waals surface area (Å²) in [6.45, 7) is 9.12. The van der Waals surface area contributed by atoms with Gasteiger partial charge in [0.25, 0.3) is 5.91 Å². The first-order chi connectivity index (χ1) is 12.2. The molecule has 5 nitrogen and oxygen atoms in total. The van der Waals surface area contributed by atoms with Gasteiger partial charge in [0, 0.05) is 35.9 Å². The summed E-state index contributed by atoms with van der Waals surface area (Å²) in [7, 11) is -3.54. The Balaban J connectivity index is 1.75. The summed E-state index contributed by atoms with van der Waals surface area (Å²) >= 11 is 1.61. The molecule has 0 N–H and O–H groups in total. The molecule has 1 fully saturated rings. The molecule has 7 heteroatoms. The molecule has 0 spiro atoms. The number of aryl methyl sites for hydroxylation is 4. The number of amides is 1. The Morgan fingerprint density at radius 2 is 1.65 bits per heavy atom. The number of hydrogen-bond donors (Lipinski definition) is 0. The minimum absolute atomic E-state index is 0.00404. The van der Waals surface area contributed by atoms with Gasteiger partial charge in [0.2, 0.25) is 10.0 Å². The normalized spacial score (nSPS) is 16.1. The predicted octanol–water partition coefficient (Wildman–Crippen LogP) is 3.13. The lowest BCUT2D eigenvalue weighted by molar-refractivity contribution is 0.0697. The summed E-state index contributed by atoms with van der Waals surface area (Å²) in [5, 5.41) is 0. The highest BCUT2D eigenvalue weighted by Crippen LogP contribution is 2.25. The number of carbonyl (C=O) groups is 1. The van der Waals surface area contributed by atoms with Crippen LogP contribution in [0.5, 0.6) is 0 Å². The quantitative estimate of drug-likeness (QED) is 0.806. The summed E-state index contributed by atoms with van der Waals surface area (Å²) < 4.78 is 27.5. The Labute approximate surface area is 159 Å². The van der Waals surface area contributed by atoms with Crippen LogP contribution in [-0.4, -0.2) is 49.7 Å². The third-order valence-corrected chi connectivity index (χ3v) is 7.77. The summed E-state index contributed by atoms with van der Waals surface area (Å²) in [5.74, 6) is -0.00404. The van der Waals surface area contributed by atoms with E-state index in [2.05, 4.69) is 0 Å². The first-order valence-electron chi connectivity index (χ1n) is 8.64. The summed E-state index contributed by atoms with van der Waals surface area (Å²) in [6, 6.07) is 7.39. The van der Waals surface area contributed by atoms with Crippen LogP contribution in [0.1, 0.15) is 31.2 Å². The zero-order valence-corrected chi connectivity index (χ0v) is 17.2. The van der Waals surface area contributed by atoms with Gasteiger partial charge in [0.05, 0.1) is 10.5 Å². The molecule has 0 bridgehead atoms. The number of thiophene rings is 1. The number of benzene rings is 1. The van der Waals surface area contributed by atoms with Crippen LogP contribution < -0.4 is 0 Å². The Hall–Kier alpha value is -1.70. The number of sulfonamides is 1. The molecule has 140 valence electrons. The molecule has 1 aromatic heterocycles. The molecule has 0 saturated carbocycles. The molecule has 1 saturated heterocycles. The second kappa shape index (κ2) is 7.13. The Morgan fingerprint density at radius 1 is 1.00 bits per heavy atom. The van der Waals surface area contributed by atoms with Crippen molar-refractivity contribution < 1.29 is 13.2 Å². The van der Waals surface area contributed by atoms with Gasteiger partial charge in [-0.1, -0.05) is 12.1 Å². The van der Waals surface area contributed by atoms with E-state index in [-0.39, 0.29) is 5.91 Å². The number of carbonyl (C=O) groups excluding carboxylic acids is 1. The molecule has 0 aliphatic carbocycles. The second-order valence-electron chi connectivity index (χ2n) is 6.79. The highest BCUT2D eigenvalue weighted by Gasteiger charge is 2.31. The van der Waals surface area contributed by atoms with Crippen molar-refractivity contribution in [2.24, 2.45) is 0 Å². The van der Waals surface area contributed by atoms with Crippen LogP contribution in [0.15, 0.2) is 29.2 Å². The van der Waals surface area contributed by atoms with Crippen molar-refractivity contribution in [2.75, 3.05) is 26.2 Å². The SMILES string of the molecule is Cc1ccc(C)c(S(=O)(=O)N2CCN(C(=O)c3cc(C)sc3C)CC2)c1. The first-order valence-corrected chi connectivity index (χ1v) is 10.9. The molecule has 1 amide bonds. The molecule has 3 rings (SSSR count). The van der Waals surface area contributed by atoms with E-state index in [0.29, 0.717) is 31.1 Å². The topological polar surface area (TPSA) is 57.7 Å². The average molecular weight is 393 g/mol. The maximum Gasteiger partial charge on any atom is 0.255 e. The van der Waals surface area contributed by atoms with Gasteiger partial charge in [0.15, 0.2) is 0 Å². The van der Waals surface area contributed by atoms with Gasteiger partial charge in [-0.2, -0.15) is 4.31 Å². The molecule has 1 aliphatic heterocycles. The van der Waals surface area contributed by atoms with Gasteiger partial charge in [-0.25, -0.2) is 8.42 Å². The predicted molar refractivity (Wildman–Crippen MR) is 104 cm³/mol. The molecular weight excluding hydrogens is 368 g/mol. The van der Waals surface area contributed by atoms with Crippen molar-refractivity contribution in [3.8, 4) is 0 Å². The molecule has 2 aromatic rings. The van der Waals surface area contributed by atoms with Crippen LogP contribution in [0.4, 0.5) is 0 Å². The van der Waals surface area contributed by atoms with Crippen LogP contribution in [0.2, 0.25) is 0 Å². The molecule has 0 radical (unpaired) electrons. The van der Waals surface area contributed by atoms with Crippen molar-refractivity contribution in [1.82, 2.24) is 9.21 Å².